The zero-order chi connectivity index (χ0) is 30.1. The Morgan fingerprint density at radius 2 is 1.44 bits per heavy atom. The normalized spacial score (nSPS) is 14.3. The summed E-state index contributed by atoms with van der Waals surface area (Å²) in [5, 5.41) is 5.61. The lowest BCUT2D eigenvalue weighted by Crippen LogP contribution is -2.42. The topological polar surface area (TPSA) is 73.1 Å². The van der Waals surface area contributed by atoms with Crippen LogP contribution in [-0.2, 0) is 11.3 Å². The van der Waals surface area contributed by atoms with E-state index in [1.807, 2.05) is 43.8 Å². The average molecular weight is 582 g/mol. The summed E-state index contributed by atoms with van der Waals surface area (Å²) < 4.78 is 35.5. The van der Waals surface area contributed by atoms with Crippen molar-refractivity contribution in [1.82, 2.24) is 24.6 Å². The van der Waals surface area contributed by atoms with E-state index in [0.717, 1.165) is 46.0 Å². The lowest BCUT2D eigenvalue weighted by Gasteiger charge is -2.33. The van der Waals surface area contributed by atoms with Gasteiger partial charge in [-0.05, 0) is 99.2 Å². The van der Waals surface area contributed by atoms with Gasteiger partial charge in [0.25, 0.3) is 0 Å². The highest BCUT2D eigenvalue weighted by atomic mass is 19.1. The van der Waals surface area contributed by atoms with Gasteiger partial charge in [-0.3, -0.25) is 4.98 Å². The zero-order valence-electron chi connectivity index (χ0n) is 24.4. The summed E-state index contributed by atoms with van der Waals surface area (Å²) >= 11 is 0. The predicted molar refractivity (Wildman–Crippen MR) is 162 cm³/mol. The number of fused-ring (bicyclic) bond motifs is 1. The molecule has 4 heterocycles. The molecule has 0 spiro atoms. The summed E-state index contributed by atoms with van der Waals surface area (Å²) in [7, 11) is 0. The van der Waals surface area contributed by atoms with E-state index in [4.69, 9.17) is 14.8 Å². The highest BCUT2D eigenvalue weighted by Gasteiger charge is 2.28. The van der Waals surface area contributed by atoms with Gasteiger partial charge in [0.2, 0.25) is 0 Å². The number of amides is 1. The molecule has 0 atom stereocenters. The molecule has 7 nitrogen and oxygen atoms in total. The second-order valence-corrected chi connectivity index (χ2v) is 11.9. The third-order valence-corrected chi connectivity index (χ3v) is 7.70. The van der Waals surface area contributed by atoms with E-state index in [1.54, 1.807) is 41.6 Å². The predicted octanol–water partition coefficient (Wildman–Crippen LogP) is 7.75. The van der Waals surface area contributed by atoms with Crippen molar-refractivity contribution >= 4 is 17.1 Å². The molecule has 1 aliphatic rings. The van der Waals surface area contributed by atoms with Crippen LogP contribution in [-0.4, -0.2) is 49.4 Å². The molecule has 5 aromatic rings. The number of pyridine rings is 2. The second kappa shape index (κ2) is 11.6. The van der Waals surface area contributed by atoms with Crippen molar-refractivity contribution in [2.45, 2.75) is 45.8 Å². The van der Waals surface area contributed by atoms with Gasteiger partial charge in [0.1, 0.15) is 17.2 Å². The maximum Gasteiger partial charge on any atom is 0.410 e. The van der Waals surface area contributed by atoms with Crippen LogP contribution in [0.3, 0.4) is 0 Å². The Labute approximate surface area is 249 Å². The van der Waals surface area contributed by atoms with Crippen molar-refractivity contribution in [2.24, 2.45) is 5.92 Å². The molecular weight excluding hydrogens is 548 g/mol. The number of aromatic nitrogens is 4. The van der Waals surface area contributed by atoms with Gasteiger partial charge in [-0.2, -0.15) is 5.10 Å². The Bertz CT molecular complexity index is 1740. The van der Waals surface area contributed by atoms with Crippen molar-refractivity contribution in [3.8, 4) is 33.5 Å². The first-order valence-corrected chi connectivity index (χ1v) is 14.5. The molecule has 0 aliphatic carbocycles. The van der Waals surface area contributed by atoms with E-state index >= 15 is 0 Å². The SMILES string of the molecule is CC(C)(C)OC(=O)N1CCC(Cn2ncc3c(-c4ccc(F)cc4)c(-c4ccncc4)c(-c4ccc(F)cc4)nc32)CC1. The number of nitrogens with zero attached hydrogens (tertiary/aromatic N) is 5. The molecule has 1 aliphatic heterocycles. The lowest BCUT2D eigenvalue weighted by molar-refractivity contribution is 0.0177. The quantitative estimate of drug-likeness (QED) is 0.212. The minimum absolute atomic E-state index is 0.284. The van der Waals surface area contributed by atoms with Gasteiger partial charge in [0.15, 0.2) is 5.65 Å². The summed E-state index contributed by atoms with van der Waals surface area (Å²) in [6.07, 6.45) is 6.59. The monoisotopic (exact) mass is 581 g/mol. The fourth-order valence-electron chi connectivity index (χ4n) is 5.62. The van der Waals surface area contributed by atoms with Gasteiger partial charge in [-0.15, -0.1) is 0 Å². The Morgan fingerprint density at radius 1 is 0.860 bits per heavy atom. The van der Waals surface area contributed by atoms with Crippen LogP contribution in [0.1, 0.15) is 33.6 Å². The highest BCUT2D eigenvalue weighted by molar-refractivity contribution is 6.06. The average Bonchev–Trinajstić information content (AvgIpc) is 3.39. The molecule has 2 aromatic carbocycles. The van der Waals surface area contributed by atoms with Gasteiger partial charge in [-0.25, -0.2) is 23.2 Å². The molecule has 1 fully saturated rings. The Hall–Kier alpha value is -4.66. The summed E-state index contributed by atoms with van der Waals surface area (Å²) in [6.45, 7) is 7.45. The van der Waals surface area contributed by atoms with Gasteiger partial charge in [-0.1, -0.05) is 12.1 Å². The van der Waals surface area contributed by atoms with Crippen LogP contribution < -0.4 is 0 Å². The molecule has 0 radical (unpaired) electrons. The maximum atomic E-state index is 14.0. The molecule has 43 heavy (non-hydrogen) atoms. The fraction of sp³-hybridized carbons (Fsp3) is 0.294. The van der Waals surface area contributed by atoms with Crippen molar-refractivity contribution in [2.75, 3.05) is 13.1 Å². The first-order valence-electron chi connectivity index (χ1n) is 14.5. The van der Waals surface area contributed by atoms with Gasteiger partial charge in [0.05, 0.1) is 11.9 Å². The summed E-state index contributed by atoms with van der Waals surface area (Å²) in [6, 6.07) is 16.5. The minimum Gasteiger partial charge on any atom is -0.444 e. The number of carbonyl (C=O) groups excluding carboxylic acids is 1. The number of hydrogen-bond acceptors (Lipinski definition) is 5. The first-order chi connectivity index (χ1) is 20.7. The number of halogens is 2. The number of hydrogen-bond donors (Lipinski definition) is 0. The van der Waals surface area contributed by atoms with Crippen LogP contribution in [0, 0.1) is 17.6 Å². The number of rotatable bonds is 5. The standard InChI is InChI=1S/C34H33F2N5O2/c1-34(2,3)43-33(42)40-18-14-22(15-19-40)21-41-32-28(20-38-41)29(23-4-8-26(35)9-5-23)30(24-12-16-37-17-13-24)31(39-32)25-6-10-27(36)11-7-25/h4-13,16-17,20,22H,14-15,18-19,21H2,1-3H3. The van der Waals surface area contributed by atoms with E-state index in [0.29, 0.717) is 31.0 Å². The van der Waals surface area contributed by atoms with Crippen LogP contribution in [0.25, 0.3) is 44.5 Å². The van der Waals surface area contributed by atoms with E-state index in [2.05, 4.69) is 4.98 Å². The third kappa shape index (κ3) is 6.11. The molecule has 1 amide bonds. The number of likely N-dealkylation sites (tertiary alicyclic amines) is 1. The zero-order valence-corrected chi connectivity index (χ0v) is 24.4. The summed E-state index contributed by atoms with van der Waals surface area (Å²) in [4.78, 5) is 23.7. The first kappa shape index (κ1) is 28.5. The van der Waals surface area contributed by atoms with E-state index in [1.165, 1.54) is 24.3 Å². The molecule has 220 valence electrons. The summed E-state index contributed by atoms with van der Waals surface area (Å²) in [5.41, 5.74) is 4.95. The van der Waals surface area contributed by atoms with E-state index in [-0.39, 0.29) is 23.6 Å². The smallest absolute Gasteiger partial charge is 0.410 e. The molecule has 0 bridgehead atoms. The number of ether oxygens (including phenoxy) is 1. The number of benzene rings is 2. The second-order valence-electron chi connectivity index (χ2n) is 11.9. The van der Waals surface area contributed by atoms with E-state index < -0.39 is 5.60 Å². The molecule has 0 N–H and O–H groups in total. The van der Waals surface area contributed by atoms with Gasteiger partial charge >= 0.3 is 6.09 Å². The van der Waals surface area contributed by atoms with E-state index in [9.17, 15) is 13.6 Å². The lowest BCUT2D eigenvalue weighted by atomic mass is 9.89. The van der Waals surface area contributed by atoms with Crippen LogP contribution >= 0.6 is 0 Å². The molecule has 1 saturated heterocycles. The Kier molecular flexibility index (Phi) is 7.64. The van der Waals surface area contributed by atoms with Crippen LogP contribution in [0.2, 0.25) is 0 Å². The molecule has 0 unspecified atom stereocenters. The Balaban J connectivity index is 1.43. The third-order valence-electron chi connectivity index (χ3n) is 7.70. The van der Waals surface area contributed by atoms with Crippen molar-refractivity contribution in [3.63, 3.8) is 0 Å². The molecule has 3 aromatic heterocycles. The van der Waals surface area contributed by atoms with Crippen molar-refractivity contribution in [1.29, 1.82) is 0 Å². The molecule has 6 rings (SSSR count). The van der Waals surface area contributed by atoms with Gasteiger partial charge < -0.3 is 9.64 Å². The fourth-order valence-corrected chi connectivity index (χ4v) is 5.62. The van der Waals surface area contributed by atoms with Crippen molar-refractivity contribution in [3.05, 3.63) is 90.9 Å². The van der Waals surface area contributed by atoms with Gasteiger partial charge in [0, 0.05) is 54.1 Å². The van der Waals surface area contributed by atoms with Crippen molar-refractivity contribution < 1.29 is 18.3 Å². The summed E-state index contributed by atoms with van der Waals surface area (Å²) in [5.74, 6) is -0.379. The van der Waals surface area contributed by atoms with Crippen LogP contribution in [0.5, 0.6) is 0 Å². The Morgan fingerprint density at radius 3 is 2.05 bits per heavy atom. The largest absolute Gasteiger partial charge is 0.444 e. The highest BCUT2D eigenvalue weighted by Crippen LogP contribution is 2.43. The molecular formula is C34H33F2N5O2. The molecule has 9 heteroatoms. The maximum absolute atomic E-state index is 14.0. The molecule has 0 saturated carbocycles. The van der Waals surface area contributed by atoms with Crippen LogP contribution in [0.4, 0.5) is 13.6 Å². The number of piperidine rings is 1. The minimum atomic E-state index is -0.535. The van der Waals surface area contributed by atoms with Crippen LogP contribution in [0.15, 0.2) is 79.3 Å². The number of carbonyl (C=O) groups is 1.